The van der Waals surface area contributed by atoms with Crippen molar-refractivity contribution in [3.63, 3.8) is 0 Å². The minimum Gasteiger partial charge on any atom is -0.497 e. The Morgan fingerprint density at radius 3 is 2.72 bits per heavy atom. The standard InChI is InChI=1S/C13H12N2O3/c1-9-3-4-10(15(16)17)7-12(9)13-8-11(18-2)5-6-14-13/h3-8H,1-2H3. The summed E-state index contributed by atoms with van der Waals surface area (Å²) in [6, 6.07) is 8.22. The van der Waals surface area contributed by atoms with E-state index in [2.05, 4.69) is 4.98 Å². The molecule has 0 amide bonds. The Hall–Kier alpha value is -2.43. The number of aromatic nitrogens is 1. The van der Waals surface area contributed by atoms with Gasteiger partial charge >= 0.3 is 0 Å². The lowest BCUT2D eigenvalue weighted by Gasteiger charge is -2.06. The molecule has 0 N–H and O–H groups in total. The highest BCUT2D eigenvalue weighted by molar-refractivity contribution is 5.67. The number of benzene rings is 1. The first-order valence-corrected chi connectivity index (χ1v) is 5.37. The zero-order chi connectivity index (χ0) is 13.1. The molecule has 0 bridgehead atoms. The van der Waals surface area contributed by atoms with Crippen LogP contribution in [0.15, 0.2) is 36.5 Å². The summed E-state index contributed by atoms with van der Waals surface area (Å²) in [5.74, 6) is 0.672. The summed E-state index contributed by atoms with van der Waals surface area (Å²) >= 11 is 0. The van der Waals surface area contributed by atoms with Crippen LogP contribution in [0.5, 0.6) is 5.75 Å². The highest BCUT2D eigenvalue weighted by Crippen LogP contribution is 2.27. The lowest BCUT2D eigenvalue weighted by atomic mass is 10.0. The molecule has 1 aromatic heterocycles. The number of nitro groups is 1. The number of pyridine rings is 1. The number of hydrogen-bond acceptors (Lipinski definition) is 4. The molecule has 0 unspecified atom stereocenters. The minimum absolute atomic E-state index is 0.0558. The molecular weight excluding hydrogens is 232 g/mol. The van der Waals surface area contributed by atoms with Crippen LogP contribution in [-0.4, -0.2) is 17.0 Å². The van der Waals surface area contributed by atoms with E-state index < -0.39 is 4.92 Å². The van der Waals surface area contributed by atoms with Crippen LogP contribution in [0.1, 0.15) is 5.56 Å². The van der Waals surface area contributed by atoms with Crippen molar-refractivity contribution in [3.05, 3.63) is 52.2 Å². The van der Waals surface area contributed by atoms with Gasteiger partial charge in [0.1, 0.15) is 5.75 Å². The molecule has 92 valence electrons. The number of nitro benzene ring substituents is 1. The van der Waals surface area contributed by atoms with Crippen LogP contribution in [0.4, 0.5) is 5.69 Å². The summed E-state index contributed by atoms with van der Waals surface area (Å²) in [6.45, 7) is 1.89. The lowest BCUT2D eigenvalue weighted by molar-refractivity contribution is -0.384. The van der Waals surface area contributed by atoms with Gasteiger partial charge in [-0.05, 0) is 18.6 Å². The van der Waals surface area contributed by atoms with E-state index in [-0.39, 0.29) is 5.69 Å². The molecule has 0 fully saturated rings. The maximum atomic E-state index is 10.8. The number of rotatable bonds is 3. The summed E-state index contributed by atoms with van der Waals surface area (Å²) < 4.78 is 5.12. The van der Waals surface area contributed by atoms with Gasteiger partial charge in [0, 0.05) is 30.0 Å². The summed E-state index contributed by atoms with van der Waals surface area (Å²) in [6.07, 6.45) is 1.62. The molecule has 1 heterocycles. The Bertz CT molecular complexity index is 597. The lowest BCUT2D eigenvalue weighted by Crippen LogP contribution is -1.93. The van der Waals surface area contributed by atoms with E-state index in [1.165, 1.54) is 12.1 Å². The number of aryl methyl sites for hydroxylation is 1. The maximum absolute atomic E-state index is 10.8. The minimum atomic E-state index is -0.414. The third-order valence-electron chi connectivity index (χ3n) is 2.68. The van der Waals surface area contributed by atoms with Crippen LogP contribution in [0.25, 0.3) is 11.3 Å². The van der Waals surface area contributed by atoms with Gasteiger partial charge in [0.05, 0.1) is 17.7 Å². The number of nitrogens with zero attached hydrogens (tertiary/aromatic N) is 2. The molecule has 1 aromatic carbocycles. The van der Waals surface area contributed by atoms with E-state index in [0.717, 1.165) is 11.1 Å². The number of methoxy groups -OCH3 is 1. The molecule has 18 heavy (non-hydrogen) atoms. The molecule has 5 nitrogen and oxygen atoms in total. The van der Waals surface area contributed by atoms with Crippen LogP contribution in [-0.2, 0) is 0 Å². The van der Waals surface area contributed by atoms with E-state index in [9.17, 15) is 10.1 Å². The average Bonchev–Trinajstić information content (AvgIpc) is 2.39. The van der Waals surface area contributed by atoms with E-state index in [0.29, 0.717) is 11.4 Å². The van der Waals surface area contributed by atoms with Gasteiger partial charge in [-0.3, -0.25) is 15.1 Å². The molecule has 0 aliphatic rings. The summed E-state index contributed by atoms with van der Waals surface area (Å²) in [7, 11) is 1.57. The predicted molar refractivity (Wildman–Crippen MR) is 67.6 cm³/mol. The smallest absolute Gasteiger partial charge is 0.270 e. The van der Waals surface area contributed by atoms with Gasteiger partial charge in [-0.15, -0.1) is 0 Å². The fourth-order valence-corrected chi connectivity index (χ4v) is 1.68. The monoisotopic (exact) mass is 244 g/mol. The van der Waals surface area contributed by atoms with Crippen molar-refractivity contribution in [2.45, 2.75) is 6.92 Å². The fourth-order valence-electron chi connectivity index (χ4n) is 1.68. The van der Waals surface area contributed by atoms with Gasteiger partial charge in [-0.2, -0.15) is 0 Å². The van der Waals surface area contributed by atoms with Crippen molar-refractivity contribution in [2.75, 3.05) is 7.11 Å². The Morgan fingerprint density at radius 1 is 1.28 bits per heavy atom. The van der Waals surface area contributed by atoms with Crippen molar-refractivity contribution >= 4 is 5.69 Å². The Balaban J connectivity index is 2.54. The highest BCUT2D eigenvalue weighted by Gasteiger charge is 2.11. The molecule has 0 atom stereocenters. The summed E-state index contributed by atoms with van der Waals surface area (Å²) in [5, 5.41) is 10.8. The molecule has 0 radical (unpaired) electrons. The van der Waals surface area contributed by atoms with Crippen molar-refractivity contribution in [1.82, 2.24) is 4.98 Å². The van der Waals surface area contributed by atoms with Crippen LogP contribution in [0.2, 0.25) is 0 Å². The summed E-state index contributed by atoms with van der Waals surface area (Å²) in [4.78, 5) is 14.6. The average molecular weight is 244 g/mol. The van der Waals surface area contributed by atoms with Crippen LogP contribution in [0, 0.1) is 17.0 Å². The largest absolute Gasteiger partial charge is 0.497 e. The third kappa shape index (κ3) is 2.29. The fraction of sp³-hybridized carbons (Fsp3) is 0.154. The van der Waals surface area contributed by atoms with Crippen LogP contribution < -0.4 is 4.74 Å². The maximum Gasteiger partial charge on any atom is 0.270 e. The van der Waals surface area contributed by atoms with Gasteiger partial charge < -0.3 is 4.74 Å². The second kappa shape index (κ2) is 4.83. The molecule has 2 rings (SSSR count). The highest BCUT2D eigenvalue weighted by atomic mass is 16.6. The first-order chi connectivity index (χ1) is 8.61. The van der Waals surface area contributed by atoms with Crippen molar-refractivity contribution in [1.29, 1.82) is 0 Å². The Labute approximate surface area is 104 Å². The second-order valence-electron chi connectivity index (χ2n) is 3.84. The molecule has 0 saturated heterocycles. The molecule has 5 heteroatoms. The molecule has 0 aliphatic heterocycles. The van der Waals surface area contributed by atoms with E-state index in [1.807, 2.05) is 6.92 Å². The SMILES string of the molecule is COc1ccnc(-c2cc([N+](=O)[O-])ccc2C)c1. The number of ether oxygens (including phenoxy) is 1. The Kier molecular flexibility index (Phi) is 3.23. The van der Waals surface area contributed by atoms with Crippen molar-refractivity contribution < 1.29 is 9.66 Å². The second-order valence-corrected chi connectivity index (χ2v) is 3.84. The quantitative estimate of drug-likeness (QED) is 0.615. The van der Waals surface area contributed by atoms with Crippen molar-refractivity contribution in [3.8, 4) is 17.0 Å². The topological polar surface area (TPSA) is 65.3 Å². The normalized spacial score (nSPS) is 10.1. The van der Waals surface area contributed by atoms with Crippen LogP contribution in [0.3, 0.4) is 0 Å². The van der Waals surface area contributed by atoms with E-state index in [1.54, 1.807) is 31.5 Å². The molecule has 0 saturated carbocycles. The summed E-state index contributed by atoms with van der Waals surface area (Å²) in [5.41, 5.74) is 2.39. The molecule has 2 aromatic rings. The molecular formula is C13H12N2O3. The van der Waals surface area contributed by atoms with Gasteiger partial charge in [-0.25, -0.2) is 0 Å². The molecule has 0 spiro atoms. The third-order valence-corrected chi connectivity index (χ3v) is 2.68. The zero-order valence-electron chi connectivity index (χ0n) is 10.1. The van der Waals surface area contributed by atoms with Gasteiger partial charge in [0.25, 0.3) is 5.69 Å². The number of hydrogen-bond donors (Lipinski definition) is 0. The van der Waals surface area contributed by atoms with Crippen LogP contribution >= 0.6 is 0 Å². The van der Waals surface area contributed by atoms with E-state index in [4.69, 9.17) is 4.74 Å². The predicted octanol–water partition coefficient (Wildman–Crippen LogP) is 2.97. The van der Waals surface area contributed by atoms with Gasteiger partial charge in [0.15, 0.2) is 0 Å². The van der Waals surface area contributed by atoms with Crippen molar-refractivity contribution in [2.24, 2.45) is 0 Å². The zero-order valence-corrected chi connectivity index (χ0v) is 10.1. The first kappa shape index (κ1) is 12.0. The molecule has 0 aliphatic carbocycles. The van der Waals surface area contributed by atoms with E-state index >= 15 is 0 Å². The Morgan fingerprint density at radius 2 is 2.06 bits per heavy atom. The van der Waals surface area contributed by atoms with Gasteiger partial charge in [-0.1, -0.05) is 6.07 Å². The van der Waals surface area contributed by atoms with Gasteiger partial charge in [0.2, 0.25) is 0 Å². The first-order valence-electron chi connectivity index (χ1n) is 5.37. The number of non-ortho nitro benzene ring substituents is 1.